The minimum atomic E-state index is -1.14. The molecular formula is C12H11FO5. The van der Waals surface area contributed by atoms with Crippen molar-refractivity contribution in [2.45, 2.75) is 0 Å². The predicted molar refractivity (Wildman–Crippen MR) is 60.6 cm³/mol. The lowest BCUT2D eigenvalue weighted by atomic mass is 10.1. The van der Waals surface area contributed by atoms with Gasteiger partial charge >= 0.3 is 5.97 Å². The minimum Gasteiger partial charge on any atom is -0.507 e. The van der Waals surface area contributed by atoms with Gasteiger partial charge in [0.2, 0.25) is 0 Å². The van der Waals surface area contributed by atoms with Crippen molar-refractivity contribution in [2.75, 3.05) is 14.2 Å². The van der Waals surface area contributed by atoms with Gasteiger partial charge in [0.05, 0.1) is 19.8 Å². The third-order valence-electron chi connectivity index (χ3n) is 2.11. The Morgan fingerprint density at radius 2 is 2.00 bits per heavy atom. The summed E-state index contributed by atoms with van der Waals surface area (Å²) in [4.78, 5) is 22.0. The molecule has 0 aliphatic heterocycles. The number of esters is 1. The van der Waals surface area contributed by atoms with E-state index < -0.39 is 23.3 Å². The lowest BCUT2D eigenvalue weighted by Crippen LogP contribution is -2.13. The molecule has 1 aromatic carbocycles. The van der Waals surface area contributed by atoms with Crippen molar-refractivity contribution in [3.05, 3.63) is 35.7 Å². The molecule has 1 aromatic rings. The Labute approximate surface area is 102 Å². The number of aliphatic hydroxyl groups is 1. The Balaban J connectivity index is 3.04. The molecule has 0 atom stereocenters. The van der Waals surface area contributed by atoms with Gasteiger partial charge in [0.15, 0.2) is 0 Å². The van der Waals surface area contributed by atoms with E-state index in [1.54, 1.807) is 0 Å². The van der Waals surface area contributed by atoms with E-state index >= 15 is 0 Å². The number of methoxy groups -OCH3 is 2. The minimum absolute atomic E-state index is 0.215. The van der Waals surface area contributed by atoms with Crippen LogP contribution in [0.1, 0.15) is 5.56 Å². The summed E-state index contributed by atoms with van der Waals surface area (Å²) in [5, 5.41) is 9.53. The number of carbonyl (C=O) groups excluding carboxylic acids is 2. The fraction of sp³-hybridized carbons (Fsp3) is 0.167. The molecule has 0 aliphatic rings. The number of rotatable bonds is 4. The highest BCUT2D eigenvalue weighted by Gasteiger charge is 2.15. The Morgan fingerprint density at radius 1 is 1.33 bits per heavy atom. The highest BCUT2D eigenvalue weighted by atomic mass is 19.1. The highest BCUT2D eigenvalue weighted by Crippen LogP contribution is 2.21. The van der Waals surface area contributed by atoms with Crippen LogP contribution < -0.4 is 4.74 Å². The van der Waals surface area contributed by atoms with Crippen molar-refractivity contribution >= 4 is 17.5 Å². The molecule has 6 heteroatoms. The Hall–Kier alpha value is -2.37. The van der Waals surface area contributed by atoms with Gasteiger partial charge in [-0.05, 0) is 12.1 Å². The summed E-state index contributed by atoms with van der Waals surface area (Å²) in [7, 11) is 2.39. The van der Waals surface area contributed by atoms with Crippen LogP contribution in [0.5, 0.6) is 5.75 Å². The number of benzene rings is 1. The van der Waals surface area contributed by atoms with E-state index in [0.717, 1.165) is 13.2 Å². The van der Waals surface area contributed by atoms with Crippen LogP contribution in [0.15, 0.2) is 24.3 Å². The number of ether oxygens (including phenoxy) is 2. The van der Waals surface area contributed by atoms with E-state index in [1.807, 2.05) is 0 Å². The normalized spacial score (nSPS) is 10.9. The standard InChI is InChI=1S/C12H11FO5/c1-17-7-3-4-8(9(13)5-7)10(14)6-11(15)12(16)18-2/h3-6,14H,1-2H3/b10-6-. The van der Waals surface area contributed by atoms with Crippen LogP contribution in [0.4, 0.5) is 4.39 Å². The average molecular weight is 254 g/mol. The van der Waals surface area contributed by atoms with Crippen molar-refractivity contribution in [3.8, 4) is 5.75 Å². The topological polar surface area (TPSA) is 72.8 Å². The molecule has 96 valence electrons. The summed E-state index contributed by atoms with van der Waals surface area (Å²) in [6.45, 7) is 0. The second kappa shape index (κ2) is 5.81. The van der Waals surface area contributed by atoms with Crippen LogP contribution in [-0.4, -0.2) is 31.1 Å². The summed E-state index contributed by atoms with van der Waals surface area (Å²) >= 11 is 0. The summed E-state index contributed by atoms with van der Waals surface area (Å²) in [5.74, 6) is -3.39. The fourth-order valence-electron chi connectivity index (χ4n) is 1.19. The monoisotopic (exact) mass is 254 g/mol. The quantitative estimate of drug-likeness (QED) is 0.381. The molecule has 0 unspecified atom stereocenters. The first-order valence-corrected chi connectivity index (χ1v) is 4.86. The van der Waals surface area contributed by atoms with E-state index in [-0.39, 0.29) is 11.3 Å². The molecule has 1 N–H and O–H groups in total. The summed E-state index contributed by atoms with van der Waals surface area (Å²) in [5.41, 5.74) is -0.215. The van der Waals surface area contributed by atoms with Crippen LogP contribution in [0.2, 0.25) is 0 Å². The van der Waals surface area contributed by atoms with E-state index in [4.69, 9.17) is 4.74 Å². The highest BCUT2D eigenvalue weighted by molar-refractivity contribution is 6.39. The Morgan fingerprint density at radius 3 is 2.50 bits per heavy atom. The Bertz CT molecular complexity index is 507. The number of halogens is 1. The lowest BCUT2D eigenvalue weighted by Gasteiger charge is -2.04. The smallest absolute Gasteiger partial charge is 0.378 e. The van der Waals surface area contributed by atoms with Gasteiger partial charge in [-0.2, -0.15) is 0 Å². The summed E-state index contributed by atoms with van der Waals surface area (Å²) in [6, 6.07) is 3.68. The molecule has 0 spiro atoms. The van der Waals surface area contributed by atoms with Crippen molar-refractivity contribution < 1.29 is 28.6 Å². The van der Waals surface area contributed by atoms with Crippen molar-refractivity contribution in [1.29, 1.82) is 0 Å². The molecule has 0 amide bonds. The van der Waals surface area contributed by atoms with Gasteiger partial charge in [-0.1, -0.05) is 0 Å². The van der Waals surface area contributed by atoms with Crippen LogP contribution in [0.25, 0.3) is 5.76 Å². The van der Waals surface area contributed by atoms with Crippen molar-refractivity contribution in [1.82, 2.24) is 0 Å². The molecule has 0 aromatic heterocycles. The van der Waals surface area contributed by atoms with Gasteiger partial charge in [-0.15, -0.1) is 0 Å². The van der Waals surface area contributed by atoms with Crippen molar-refractivity contribution in [3.63, 3.8) is 0 Å². The van der Waals surface area contributed by atoms with E-state index in [1.165, 1.54) is 19.2 Å². The number of aliphatic hydroxyl groups excluding tert-OH is 1. The van der Waals surface area contributed by atoms with E-state index in [9.17, 15) is 19.1 Å². The zero-order valence-corrected chi connectivity index (χ0v) is 9.77. The van der Waals surface area contributed by atoms with Gasteiger partial charge in [0.25, 0.3) is 5.78 Å². The molecule has 0 saturated heterocycles. The first-order chi connectivity index (χ1) is 8.49. The maximum absolute atomic E-state index is 13.5. The second-order valence-electron chi connectivity index (χ2n) is 3.23. The predicted octanol–water partition coefficient (Wildman–Crippen LogP) is 1.48. The SMILES string of the molecule is COC(=O)C(=O)/C=C(\O)c1ccc(OC)cc1F. The molecule has 0 heterocycles. The van der Waals surface area contributed by atoms with Crippen LogP contribution >= 0.6 is 0 Å². The molecule has 0 radical (unpaired) electrons. The third-order valence-corrected chi connectivity index (χ3v) is 2.11. The molecule has 5 nitrogen and oxygen atoms in total. The second-order valence-corrected chi connectivity index (χ2v) is 3.23. The van der Waals surface area contributed by atoms with Gasteiger partial charge in [-0.25, -0.2) is 9.18 Å². The van der Waals surface area contributed by atoms with Gasteiger partial charge in [0, 0.05) is 12.1 Å². The first-order valence-electron chi connectivity index (χ1n) is 4.86. The zero-order valence-electron chi connectivity index (χ0n) is 9.77. The third kappa shape index (κ3) is 3.07. The number of hydrogen-bond acceptors (Lipinski definition) is 5. The molecule has 0 aliphatic carbocycles. The lowest BCUT2D eigenvalue weighted by molar-refractivity contribution is -0.149. The number of carbonyl (C=O) groups is 2. The molecule has 0 saturated carbocycles. The maximum atomic E-state index is 13.5. The van der Waals surface area contributed by atoms with Crippen LogP contribution in [0.3, 0.4) is 0 Å². The van der Waals surface area contributed by atoms with Crippen molar-refractivity contribution in [2.24, 2.45) is 0 Å². The Kier molecular flexibility index (Phi) is 4.42. The first kappa shape index (κ1) is 13.7. The largest absolute Gasteiger partial charge is 0.507 e. The number of hydrogen-bond donors (Lipinski definition) is 1. The van der Waals surface area contributed by atoms with E-state index in [2.05, 4.69) is 4.74 Å². The van der Waals surface area contributed by atoms with Crippen LogP contribution in [-0.2, 0) is 14.3 Å². The molecule has 18 heavy (non-hydrogen) atoms. The molecule has 0 bridgehead atoms. The maximum Gasteiger partial charge on any atom is 0.378 e. The summed E-state index contributed by atoms with van der Waals surface area (Å²) in [6.07, 6.45) is 0.594. The van der Waals surface area contributed by atoms with Gasteiger partial charge < -0.3 is 14.6 Å². The van der Waals surface area contributed by atoms with E-state index in [0.29, 0.717) is 6.08 Å². The molecule has 0 fully saturated rings. The number of ketones is 1. The fourth-order valence-corrected chi connectivity index (χ4v) is 1.19. The zero-order chi connectivity index (χ0) is 13.7. The molecule has 1 rings (SSSR count). The van der Waals surface area contributed by atoms with Crippen LogP contribution in [0, 0.1) is 5.82 Å². The average Bonchev–Trinajstić information content (AvgIpc) is 2.37. The van der Waals surface area contributed by atoms with Gasteiger partial charge in [0.1, 0.15) is 17.3 Å². The van der Waals surface area contributed by atoms with Gasteiger partial charge in [-0.3, -0.25) is 4.79 Å². The molecular weight excluding hydrogens is 243 g/mol. The summed E-state index contributed by atoms with van der Waals surface area (Å²) < 4.78 is 22.5.